The highest BCUT2D eigenvalue weighted by atomic mass is 14.0. The molecule has 0 heterocycles. The molecule has 1 aromatic rings. The molecule has 0 amide bonds. The zero-order valence-electron chi connectivity index (χ0n) is 8.66. The predicted octanol–water partition coefficient (Wildman–Crippen LogP) is 3.92. The SMILES string of the molecule is C=C/C=C\c1c(C)cccc1CC=C. The molecule has 1 aromatic carbocycles. The van der Waals surface area contributed by atoms with Gasteiger partial charge in [0, 0.05) is 0 Å². The lowest BCUT2D eigenvalue weighted by atomic mass is 9.99. The van der Waals surface area contributed by atoms with E-state index < -0.39 is 0 Å². The van der Waals surface area contributed by atoms with Gasteiger partial charge in [-0.05, 0) is 30.0 Å². The summed E-state index contributed by atoms with van der Waals surface area (Å²) in [5.41, 5.74) is 3.90. The van der Waals surface area contributed by atoms with Gasteiger partial charge < -0.3 is 0 Å². The topological polar surface area (TPSA) is 0 Å². The third-order valence-corrected chi connectivity index (χ3v) is 2.18. The van der Waals surface area contributed by atoms with Crippen LogP contribution in [0, 0.1) is 6.92 Å². The lowest BCUT2D eigenvalue weighted by Crippen LogP contribution is -1.89. The highest BCUT2D eigenvalue weighted by Gasteiger charge is 1.99. The molecule has 0 N–H and O–H groups in total. The van der Waals surface area contributed by atoms with E-state index >= 15 is 0 Å². The van der Waals surface area contributed by atoms with E-state index in [0.29, 0.717) is 0 Å². The number of hydrogen-bond donors (Lipinski definition) is 0. The van der Waals surface area contributed by atoms with Gasteiger partial charge >= 0.3 is 0 Å². The normalized spacial score (nSPS) is 10.4. The second kappa shape index (κ2) is 5.23. The highest BCUT2D eigenvalue weighted by molar-refractivity contribution is 5.59. The molecule has 0 saturated heterocycles. The minimum Gasteiger partial charge on any atom is -0.103 e. The number of benzene rings is 1. The summed E-state index contributed by atoms with van der Waals surface area (Å²) in [6, 6.07) is 6.34. The third kappa shape index (κ3) is 2.46. The average Bonchev–Trinajstić information content (AvgIpc) is 2.18. The van der Waals surface area contributed by atoms with E-state index in [-0.39, 0.29) is 0 Å². The molecule has 0 aliphatic carbocycles. The van der Waals surface area contributed by atoms with E-state index in [1.165, 1.54) is 16.7 Å². The van der Waals surface area contributed by atoms with Crippen molar-refractivity contribution in [3.63, 3.8) is 0 Å². The summed E-state index contributed by atoms with van der Waals surface area (Å²) in [5.74, 6) is 0. The molecule has 0 bridgehead atoms. The molecule has 0 nitrogen and oxygen atoms in total. The Morgan fingerprint density at radius 3 is 2.71 bits per heavy atom. The molecular weight excluding hydrogens is 168 g/mol. The van der Waals surface area contributed by atoms with Crippen LogP contribution < -0.4 is 0 Å². The Balaban J connectivity index is 3.14. The molecule has 0 radical (unpaired) electrons. The minimum atomic E-state index is 0.915. The van der Waals surface area contributed by atoms with Gasteiger partial charge in [0.2, 0.25) is 0 Å². The number of hydrogen-bond acceptors (Lipinski definition) is 0. The van der Waals surface area contributed by atoms with Crippen LogP contribution in [-0.4, -0.2) is 0 Å². The van der Waals surface area contributed by atoms with Crippen molar-refractivity contribution in [1.29, 1.82) is 0 Å². The first-order valence-corrected chi connectivity index (χ1v) is 4.78. The smallest absolute Gasteiger partial charge is 0.00941 e. The first kappa shape index (κ1) is 10.5. The van der Waals surface area contributed by atoms with Crippen LogP contribution >= 0.6 is 0 Å². The lowest BCUT2D eigenvalue weighted by Gasteiger charge is -2.06. The molecule has 72 valence electrons. The Kier molecular flexibility index (Phi) is 3.93. The van der Waals surface area contributed by atoms with Gasteiger partial charge in [0.15, 0.2) is 0 Å². The van der Waals surface area contributed by atoms with Crippen LogP contribution in [0.3, 0.4) is 0 Å². The number of aryl methyl sites for hydroxylation is 1. The van der Waals surface area contributed by atoms with Crippen LogP contribution in [0.1, 0.15) is 16.7 Å². The van der Waals surface area contributed by atoms with Gasteiger partial charge in [0.05, 0.1) is 0 Å². The summed E-state index contributed by atoms with van der Waals surface area (Å²) in [6.45, 7) is 9.56. The largest absolute Gasteiger partial charge is 0.103 e. The molecule has 0 heteroatoms. The monoisotopic (exact) mass is 184 g/mol. The van der Waals surface area contributed by atoms with Crippen LogP contribution in [0.15, 0.2) is 49.6 Å². The molecule has 0 fully saturated rings. The van der Waals surface area contributed by atoms with Crippen molar-refractivity contribution < 1.29 is 0 Å². The fourth-order valence-corrected chi connectivity index (χ4v) is 1.48. The Hall–Kier alpha value is -1.56. The maximum atomic E-state index is 3.76. The molecule has 1 rings (SSSR count). The van der Waals surface area contributed by atoms with E-state index in [1.54, 1.807) is 6.08 Å². The number of rotatable bonds is 4. The molecule has 0 atom stereocenters. The average molecular weight is 184 g/mol. The second-order valence-electron chi connectivity index (χ2n) is 3.24. The van der Waals surface area contributed by atoms with Gasteiger partial charge in [-0.3, -0.25) is 0 Å². The van der Waals surface area contributed by atoms with Crippen molar-refractivity contribution in [3.05, 3.63) is 66.3 Å². The Morgan fingerprint density at radius 1 is 1.29 bits per heavy atom. The summed E-state index contributed by atoms with van der Waals surface area (Å²) in [5, 5.41) is 0. The Bertz CT molecular complexity index is 356. The van der Waals surface area contributed by atoms with E-state index in [4.69, 9.17) is 0 Å². The standard InChI is InChI=1S/C14H16/c1-4-6-11-14-12(3)9-7-10-13(14)8-5-2/h4-7,9-11H,1-2,8H2,3H3/b11-6-. The van der Waals surface area contributed by atoms with Crippen molar-refractivity contribution in [2.24, 2.45) is 0 Å². The highest BCUT2D eigenvalue weighted by Crippen LogP contribution is 2.16. The van der Waals surface area contributed by atoms with Crippen molar-refractivity contribution in [2.45, 2.75) is 13.3 Å². The molecule has 0 aliphatic rings. The van der Waals surface area contributed by atoms with E-state index in [9.17, 15) is 0 Å². The van der Waals surface area contributed by atoms with Gasteiger partial charge in [0.25, 0.3) is 0 Å². The van der Waals surface area contributed by atoms with Gasteiger partial charge in [-0.25, -0.2) is 0 Å². The molecule has 0 unspecified atom stereocenters. The second-order valence-corrected chi connectivity index (χ2v) is 3.24. The molecule has 0 spiro atoms. The number of allylic oxidation sites excluding steroid dienone is 3. The fraction of sp³-hybridized carbons (Fsp3) is 0.143. The van der Waals surface area contributed by atoms with Crippen molar-refractivity contribution in [3.8, 4) is 0 Å². The lowest BCUT2D eigenvalue weighted by molar-refractivity contribution is 1.24. The summed E-state index contributed by atoms with van der Waals surface area (Å²) in [7, 11) is 0. The van der Waals surface area contributed by atoms with Crippen LogP contribution in [0.2, 0.25) is 0 Å². The molecule has 0 aromatic heterocycles. The van der Waals surface area contributed by atoms with Crippen molar-refractivity contribution in [1.82, 2.24) is 0 Å². The maximum absolute atomic E-state index is 3.76. The Morgan fingerprint density at radius 2 is 2.07 bits per heavy atom. The molecule has 0 saturated carbocycles. The first-order chi connectivity index (χ1) is 6.79. The summed E-state index contributed by atoms with van der Waals surface area (Å²) in [4.78, 5) is 0. The third-order valence-electron chi connectivity index (χ3n) is 2.18. The van der Waals surface area contributed by atoms with Gasteiger partial charge in [-0.1, -0.05) is 49.1 Å². The van der Waals surface area contributed by atoms with Gasteiger partial charge in [0.1, 0.15) is 0 Å². The van der Waals surface area contributed by atoms with Gasteiger partial charge in [-0.2, -0.15) is 0 Å². The van der Waals surface area contributed by atoms with E-state index in [0.717, 1.165) is 6.42 Å². The summed E-state index contributed by atoms with van der Waals surface area (Å²) in [6.07, 6.45) is 8.71. The van der Waals surface area contributed by atoms with Crippen molar-refractivity contribution >= 4 is 6.08 Å². The molecule has 14 heavy (non-hydrogen) atoms. The van der Waals surface area contributed by atoms with Crippen LogP contribution in [0.5, 0.6) is 0 Å². The zero-order valence-corrected chi connectivity index (χ0v) is 8.66. The zero-order chi connectivity index (χ0) is 10.4. The molecular formula is C14H16. The first-order valence-electron chi connectivity index (χ1n) is 4.78. The van der Waals surface area contributed by atoms with E-state index in [1.807, 2.05) is 12.2 Å². The predicted molar refractivity (Wildman–Crippen MR) is 64.3 cm³/mol. The van der Waals surface area contributed by atoms with Crippen LogP contribution in [0.25, 0.3) is 6.08 Å². The van der Waals surface area contributed by atoms with Gasteiger partial charge in [-0.15, -0.1) is 6.58 Å². The maximum Gasteiger partial charge on any atom is -0.00941 e. The quantitative estimate of drug-likeness (QED) is 0.491. The summed E-state index contributed by atoms with van der Waals surface area (Å²) >= 11 is 0. The fourth-order valence-electron chi connectivity index (χ4n) is 1.48. The van der Waals surface area contributed by atoms with Crippen LogP contribution in [0.4, 0.5) is 0 Å². The van der Waals surface area contributed by atoms with Crippen LogP contribution in [-0.2, 0) is 6.42 Å². The Labute approximate surface area is 86.3 Å². The minimum absolute atomic E-state index is 0.915. The van der Waals surface area contributed by atoms with E-state index in [2.05, 4.69) is 44.4 Å². The summed E-state index contributed by atoms with van der Waals surface area (Å²) < 4.78 is 0. The molecule has 0 aliphatic heterocycles. The van der Waals surface area contributed by atoms with Crippen molar-refractivity contribution in [2.75, 3.05) is 0 Å².